The van der Waals surface area contributed by atoms with Crippen LogP contribution in [0, 0.1) is 0 Å². The first kappa shape index (κ1) is 14.3. The SMILES string of the molecule is COc1cc([C@@H]2NC(=O)c3oc4ccccc4c(=O)c32)ccc1O. The molecule has 2 heterocycles. The monoisotopic (exact) mass is 323 g/mol. The lowest BCUT2D eigenvalue weighted by Gasteiger charge is -2.13. The standard InChI is InChI=1S/C18H13NO5/c1-23-13-8-9(6-7-11(13)20)15-14-16(21)10-4-2-3-5-12(10)24-17(14)18(22)19-15/h2-8,15,20H,1H3,(H,19,22)/t15-/m0/s1. The van der Waals surface area contributed by atoms with Crippen LogP contribution < -0.4 is 15.5 Å². The number of benzene rings is 2. The Bertz CT molecular complexity index is 1040. The number of amides is 1. The number of nitrogens with one attached hydrogen (secondary N) is 1. The molecule has 0 saturated carbocycles. The fraction of sp³-hybridized carbons (Fsp3) is 0.111. The van der Waals surface area contributed by atoms with Gasteiger partial charge in [-0.05, 0) is 29.8 Å². The van der Waals surface area contributed by atoms with Gasteiger partial charge in [-0.1, -0.05) is 18.2 Å². The van der Waals surface area contributed by atoms with Crippen molar-refractivity contribution in [1.29, 1.82) is 0 Å². The van der Waals surface area contributed by atoms with Crippen molar-refractivity contribution in [3.8, 4) is 11.5 Å². The number of hydrogen-bond donors (Lipinski definition) is 2. The second kappa shape index (κ2) is 5.13. The van der Waals surface area contributed by atoms with Crippen LogP contribution >= 0.6 is 0 Å². The lowest BCUT2D eigenvalue weighted by molar-refractivity contribution is 0.0938. The molecule has 3 aromatic rings. The Labute approximate surface area is 136 Å². The molecule has 0 aliphatic carbocycles. The van der Waals surface area contributed by atoms with Gasteiger partial charge in [0, 0.05) is 0 Å². The van der Waals surface area contributed by atoms with Crippen LogP contribution in [0.25, 0.3) is 11.0 Å². The van der Waals surface area contributed by atoms with Crippen LogP contribution in [0.1, 0.15) is 27.7 Å². The molecule has 0 radical (unpaired) electrons. The number of ether oxygens (including phenoxy) is 1. The Kier molecular flexibility index (Phi) is 3.06. The fourth-order valence-corrected chi connectivity index (χ4v) is 2.98. The van der Waals surface area contributed by atoms with Gasteiger partial charge in [0.05, 0.1) is 24.1 Å². The molecule has 0 spiro atoms. The lowest BCUT2D eigenvalue weighted by Crippen LogP contribution is -2.21. The predicted molar refractivity (Wildman–Crippen MR) is 86.5 cm³/mol. The number of carbonyl (C=O) groups excluding carboxylic acids is 1. The van der Waals surface area contributed by atoms with Gasteiger partial charge >= 0.3 is 0 Å². The number of hydrogen-bond acceptors (Lipinski definition) is 5. The van der Waals surface area contributed by atoms with Crippen molar-refractivity contribution in [2.75, 3.05) is 7.11 Å². The van der Waals surface area contributed by atoms with Gasteiger partial charge in [-0.15, -0.1) is 0 Å². The zero-order valence-corrected chi connectivity index (χ0v) is 12.7. The summed E-state index contributed by atoms with van der Waals surface area (Å²) in [5.74, 6) is -0.169. The molecule has 1 aliphatic rings. The summed E-state index contributed by atoms with van der Waals surface area (Å²) in [4.78, 5) is 25.1. The van der Waals surface area contributed by atoms with E-state index in [4.69, 9.17) is 9.15 Å². The third-order valence-corrected chi connectivity index (χ3v) is 4.14. The molecular weight excluding hydrogens is 310 g/mol. The summed E-state index contributed by atoms with van der Waals surface area (Å²) in [5, 5.41) is 12.9. The van der Waals surface area contributed by atoms with E-state index in [2.05, 4.69) is 5.32 Å². The number of carbonyl (C=O) groups is 1. The smallest absolute Gasteiger partial charge is 0.288 e. The molecule has 120 valence electrons. The highest BCUT2D eigenvalue weighted by Crippen LogP contribution is 2.35. The molecule has 1 aliphatic heterocycles. The van der Waals surface area contributed by atoms with Gasteiger partial charge in [0.2, 0.25) is 5.76 Å². The molecule has 2 aromatic carbocycles. The summed E-state index contributed by atoms with van der Waals surface area (Å²) in [6.07, 6.45) is 0. The summed E-state index contributed by atoms with van der Waals surface area (Å²) in [6, 6.07) is 10.8. The number of phenolic OH excluding ortho intramolecular Hbond substituents is 1. The minimum absolute atomic E-state index is 0.0173. The second-order valence-electron chi connectivity index (χ2n) is 5.51. The summed E-state index contributed by atoms with van der Waals surface area (Å²) < 4.78 is 10.7. The predicted octanol–water partition coefficient (Wildman–Crippen LogP) is 2.34. The van der Waals surface area contributed by atoms with Gasteiger partial charge in [0.15, 0.2) is 16.9 Å². The quantitative estimate of drug-likeness (QED) is 0.755. The topological polar surface area (TPSA) is 88.8 Å². The molecule has 24 heavy (non-hydrogen) atoms. The van der Waals surface area contributed by atoms with Crippen molar-refractivity contribution in [2.24, 2.45) is 0 Å². The highest BCUT2D eigenvalue weighted by atomic mass is 16.5. The largest absolute Gasteiger partial charge is 0.504 e. The molecule has 1 aromatic heterocycles. The average molecular weight is 323 g/mol. The molecule has 0 unspecified atom stereocenters. The fourth-order valence-electron chi connectivity index (χ4n) is 2.98. The number of para-hydroxylation sites is 1. The third kappa shape index (κ3) is 1.96. The van der Waals surface area contributed by atoms with Crippen LogP contribution in [0.3, 0.4) is 0 Å². The molecule has 0 bridgehead atoms. The lowest BCUT2D eigenvalue weighted by atomic mass is 9.99. The molecule has 2 N–H and O–H groups in total. The molecule has 0 fully saturated rings. The Morgan fingerprint density at radius 1 is 1.17 bits per heavy atom. The van der Waals surface area contributed by atoms with Crippen LogP contribution in [0.4, 0.5) is 0 Å². The molecule has 0 saturated heterocycles. The Balaban J connectivity index is 1.96. The van der Waals surface area contributed by atoms with E-state index in [0.29, 0.717) is 16.5 Å². The molecule has 1 atom stereocenters. The summed E-state index contributed by atoms with van der Waals surface area (Å²) in [5.41, 5.74) is 1.02. The average Bonchev–Trinajstić information content (AvgIpc) is 2.93. The van der Waals surface area contributed by atoms with E-state index in [1.165, 1.54) is 13.2 Å². The maximum atomic E-state index is 12.8. The minimum atomic E-state index is -0.650. The first-order valence-electron chi connectivity index (χ1n) is 7.33. The number of fused-ring (bicyclic) bond motifs is 2. The second-order valence-corrected chi connectivity index (χ2v) is 5.51. The van der Waals surface area contributed by atoms with Crippen LogP contribution in [0.15, 0.2) is 51.7 Å². The molecule has 4 rings (SSSR count). The van der Waals surface area contributed by atoms with Crippen molar-refractivity contribution in [3.05, 3.63) is 69.6 Å². The van der Waals surface area contributed by atoms with Crippen molar-refractivity contribution < 1.29 is 19.1 Å². The number of rotatable bonds is 2. The summed E-state index contributed by atoms with van der Waals surface area (Å²) in [7, 11) is 1.43. The Morgan fingerprint density at radius 3 is 2.75 bits per heavy atom. The molecule has 1 amide bonds. The van der Waals surface area contributed by atoms with Gasteiger partial charge in [-0.25, -0.2) is 0 Å². The minimum Gasteiger partial charge on any atom is -0.504 e. The van der Waals surface area contributed by atoms with E-state index < -0.39 is 11.9 Å². The Morgan fingerprint density at radius 2 is 1.96 bits per heavy atom. The zero-order chi connectivity index (χ0) is 16.8. The highest BCUT2D eigenvalue weighted by Gasteiger charge is 2.36. The van der Waals surface area contributed by atoms with E-state index in [1.54, 1.807) is 36.4 Å². The van der Waals surface area contributed by atoms with Crippen molar-refractivity contribution in [1.82, 2.24) is 5.32 Å². The number of methoxy groups -OCH3 is 1. The molecule has 6 nitrogen and oxygen atoms in total. The van der Waals surface area contributed by atoms with Crippen LogP contribution in [0.5, 0.6) is 11.5 Å². The summed E-state index contributed by atoms with van der Waals surface area (Å²) in [6.45, 7) is 0. The first-order valence-corrected chi connectivity index (χ1v) is 7.33. The first-order chi connectivity index (χ1) is 11.6. The van der Waals surface area contributed by atoms with E-state index in [0.717, 1.165) is 0 Å². The van der Waals surface area contributed by atoms with E-state index >= 15 is 0 Å². The van der Waals surface area contributed by atoms with Crippen LogP contribution in [-0.2, 0) is 0 Å². The number of aromatic hydroxyl groups is 1. The normalized spacial score (nSPS) is 16.0. The van der Waals surface area contributed by atoms with Gasteiger partial charge in [-0.2, -0.15) is 0 Å². The zero-order valence-electron chi connectivity index (χ0n) is 12.7. The van der Waals surface area contributed by atoms with Crippen LogP contribution in [0.2, 0.25) is 0 Å². The maximum absolute atomic E-state index is 12.8. The molecule has 6 heteroatoms. The van der Waals surface area contributed by atoms with Crippen molar-refractivity contribution >= 4 is 16.9 Å². The van der Waals surface area contributed by atoms with Gasteiger partial charge in [0.25, 0.3) is 5.91 Å². The van der Waals surface area contributed by atoms with Crippen LogP contribution in [-0.4, -0.2) is 18.1 Å². The van der Waals surface area contributed by atoms with Gasteiger partial charge in [0.1, 0.15) is 5.58 Å². The van der Waals surface area contributed by atoms with Crippen molar-refractivity contribution in [3.63, 3.8) is 0 Å². The van der Waals surface area contributed by atoms with E-state index in [-0.39, 0.29) is 28.3 Å². The van der Waals surface area contributed by atoms with Crippen molar-refractivity contribution in [2.45, 2.75) is 6.04 Å². The number of phenols is 1. The maximum Gasteiger partial charge on any atom is 0.288 e. The van der Waals surface area contributed by atoms with E-state index in [1.807, 2.05) is 0 Å². The highest BCUT2D eigenvalue weighted by molar-refractivity contribution is 5.98. The third-order valence-electron chi connectivity index (χ3n) is 4.14. The van der Waals surface area contributed by atoms with Gasteiger partial charge in [-0.3, -0.25) is 9.59 Å². The summed E-state index contributed by atoms with van der Waals surface area (Å²) >= 11 is 0. The van der Waals surface area contributed by atoms with E-state index in [9.17, 15) is 14.7 Å². The Hall–Kier alpha value is -3.28. The van der Waals surface area contributed by atoms with Gasteiger partial charge < -0.3 is 19.6 Å². The molecular formula is C18H13NO5.